The van der Waals surface area contributed by atoms with E-state index < -0.39 is 5.54 Å². The number of para-hydroxylation sites is 1. The van der Waals surface area contributed by atoms with Crippen molar-refractivity contribution >= 4 is 0 Å². The molecule has 112 valence electrons. The SMILES string of the molecule is CNC(CO)(COc1c(C)cccc1C)c1ccccc1. The summed E-state index contributed by atoms with van der Waals surface area (Å²) in [5, 5.41) is 13.1. The monoisotopic (exact) mass is 285 g/mol. The quantitative estimate of drug-likeness (QED) is 0.857. The van der Waals surface area contributed by atoms with E-state index in [2.05, 4.69) is 5.32 Å². The van der Waals surface area contributed by atoms with Gasteiger partial charge >= 0.3 is 0 Å². The van der Waals surface area contributed by atoms with E-state index in [1.807, 2.05) is 69.4 Å². The van der Waals surface area contributed by atoms with E-state index >= 15 is 0 Å². The molecule has 0 amide bonds. The second kappa shape index (κ2) is 6.74. The van der Waals surface area contributed by atoms with Crippen molar-refractivity contribution in [2.75, 3.05) is 20.3 Å². The van der Waals surface area contributed by atoms with Gasteiger partial charge in [0.25, 0.3) is 0 Å². The van der Waals surface area contributed by atoms with Crippen LogP contribution in [0.25, 0.3) is 0 Å². The maximum atomic E-state index is 9.90. The van der Waals surface area contributed by atoms with Crippen LogP contribution in [0.4, 0.5) is 0 Å². The highest BCUT2D eigenvalue weighted by molar-refractivity contribution is 5.40. The number of aryl methyl sites for hydroxylation is 2. The Kier molecular flexibility index (Phi) is 4.99. The first kappa shape index (κ1) is 15.5. The molecule has 1 atom stereocenters. The number of nitrogens with one attached hydrogen (secondary N) is 1. The number of likely N-dealkylation sites (N-methyl/N-ethyl adjacent to an activating group) is 1. The highest BCUT2D eigenvalue weighted by atomic mass is 16.5. The van der Waals surface area contributed by atoms with Crippen LogP contribution < -0.4 is 10.1 Å². The first-order valence-corrected chi connectivity index (χ1v) is 7.17. The molecule has 2 rings (SSSR count). The second-order valence-electron chi connectivity index (χ2n) is 5.37. The van der Waals surface area contributed by atoms with Gasteiger partial charge in [0.15, 0.2) is 0 Å². The molecule has 0 spiro atoms. The minimum absolute atomic E-state index is 0.0293. The summed E-state index contributed by atoms with van der Waals surface area (Å²) in [5.41, 5.74) is 2.62. The van der Waals surface area contributed by atoms with Gasteiger partial charge < -0.3 is 15.2 Å². The van der Waals surface area contributed by atoms with E-state index in [1.165, 1.54) is 0 Å². The molecule has 0 heterocycles. The number of aliphatic hydroxyl groups excluding tert-OH is 1. The van der Waals surface area contributed by atoms with Crippen molar-refractivity contribution in [3.63, 3.8) is 0 Å². The average molecular weight is 285 g/mol. The third-order valence-corrected chi connectivity index (χ3v) is 3.95. The molecule has 3 heteroatoms. The molecule has 0 aliphatic carbocycles. The van der Waals surface area contributed by atoms with Gasteiger partial charge in [-0.05, 0) is 37.6 Å². The Bertz CT molecular complexity index is 557. The molecule has 2 N–H and O–H groups in total. The number of rotatable bonds is 6. The van der Waals surface area contributed by atoms with Crippen LogP contribution in [-0.2, 0) is 5.54 Å². The zero-order chi connectivity index (χ0) is 15.3. The predicted molar refractivity (Wildman–Crippen MR) is 85.7 cm³/mol. The van der Waals surface area contributed by atoms with Crippen LogP contribution in [0.1, 0.15) is 16.7 Å². The van der Waals surface area contributed by atoms with E-state index in [9.17, 15) is 5.11 Å². The Morgan fingerprint density at radius 1 is 1.00 bits per heavy atom. The Morgan fingerprint density at radius 2 is 1.62 bits per heavy atom. The Balaban J connectivity index is 2.26. The zero-order valence-corrected chi connectivity index (χ0v) is 12.9. The van der Waals surface area contributed by atoms with Gasteiger partial charge in [-0.15, -0.1) is 0 Å². The van der Waals surface area contributed by atoms with Crippen LogP contribution in [0.3, 0.4) is 0 Å². The lowest BCUT2D eigenvalue weighted by molar-refractivity contribution is 0.107. The Morgan fingerprint density at radius 3 is 2.14 bits per heavy atom. The van der Waals surface area contributed by atoms with E-state index in [4.69, 9.17) is 4.74 Å². The first-order valence-electron chi connectivity index (χ1n) is 7.17. The summed E-state index contributed by atoms with van der Waals surface area (Å²) < 4.78 is 6.05. The summed E-state index contributed by atoms with van der Waals surface area (Å²) in [7, 11) is 1.84. The van der Waals surface area contributed by atoms with Crippen molar-refractivity contribution in [1.29, 1.82) is 0 Å². The second-order valence-corrected chi connectivity index (χ2v) is 5.37. The summed E-state index contributed by atoms with van der Waals surface area (Å²) in [6.45, 7) is 4.41. The third kappa shape index (κ3) is 3.26. The summed E-state index contributed by atoms with van der Waals surface area (Å²) >= 11 is 0. The number of benzene rings is 2. The fraction of sp³-hybridized carbons (Fsp3) is 0.333. The summed E-state index contributed by atoms with van der Waals surface area (Å²) in [4.78, 5) is 0. The molecule has 0 saturated carbocycles. The topological polar surface area (TPSA) is 41.5 Å². The van der Waals surface area contributed by atoms with E-state index in [1.54, 1.807) is 0 Å². The third-order valence-electron chi connectivity index (χ3n) is 3.95. The minimum atomic E-state index is -0.601. The van der Waals surface area contributed by atoms with Gasteiger partial charge in [0, 0.05) is 0 Å². The molecule has 3 nitrogen and oxygen atoms in total. The van der Waals surface area contributed by atoms with E-state index in [0.717, 1.165) is 22.4 Å². The van der Waals surface area contributed by atoms with Crippen LogP contribution in [0.5, 0.6) is 5.75 Å². The lowest BCUT2D eigenvalue weighted by Crippen LogP contribution is -2.48. The fourth-order valence-corrected chi connectivity index (χ4v) is 2.50. The molecule has 0 aliphatic rings. The summed E-state index contributed by atoms with van der Waals surface area (Å²) in [5.74, 6) is 0.890. The molecular weight excluding hydrogens is 262 g/mol. The first-order chi connectivity index (χ1) is 10.1. The summed E-state index contributed by atoms with van der Waals surface area (Å²) in [6.07, 6.45) is 0. The maximum Gasteiger partial charge on any atom is 0.125 e. The highest BCUT2D eigenvalue weighted by Gasteiger charge is 2.31. The highest BCUT2D eigenvalue weighted by Crippen LogP contribution is 2.26. The molecule has 2 aromatic carbocycles. The van der Waals surface area contributed by atoms with Gasteiger partial charge in [0.05, 0.1) is 6.61 Å². The van der Waals surface area contributed by atoms with Crippen molar-refractivity contribution in [3.05, 3.63) is 65.2 Å². The summed E-state index contributed by atoms with van der Waals surface area (Å²) in [6, 6.07) is 16.0. The maximum absolute atomic E-state index is 9.90. The molecule has 1 unspecified atom stereocenters. The molecule has 0 bridgehead atoms. The lowest BCUT2D eigenvalue weighted by Gasteiger charge is -2.32. The van der Waals surface area contributed by atoms with Gasteiger partial charge in [0.1, 0.15) is 17.9 Å². The van der Waals surface area contributed by atoms with Crippen LogP contribution in [-0.4, -0.2) is 25.4 Å². The van der Waals surface area contributed by atoms with E-state index in [0.29, 0.717) is 6.61 Å². The fourth-order valence-electron chi connectivity index (χ4n) is 2.50. The van der Waals surface area contributed by atoms with Gasteiger partial charge in [-0.1, -0.05) is 48.5 Å². The van der Waals surface area contributed by atoms with Crippen molar-refractivity contribution < 1.29 is 9.84 Å². The Hall–Kier alpha value is -1.84. The number of ether oxygens (including phenoxy) is 1. The number of hydrogen-bond donors (Lipinski definition) is 2. The smallest absolute Gasteiger partial charge is 0.125 e. The largest absolute Gasteiger partial charge is 0.491 e. The minimum Gasteiger partial charge on any atom is -0.491 e. The molecule has 21 heavy (non-hydrogen) atoms. The standard InChI is InChI=1S/C18H23NO2/c1-14-8-7-9-15(2)17(14)21-13-18(12-20,19-3)16-10-5-4-6-11-16/h4-11,19-20H,12-13H2,1-3H3. The van der Waals surface area contributed by atoms with Crippen LogP contribution >= 0.6 is 0 Å². The molecular formula is C18H23NO2. The molecule has 0 aliphatic heterocycles. The molecule has 0 fully saturated rings. The average Bonchev–Trinajstić information content (AvgIpc) is 2.52. The number of hydrogen-bond acceptors (Lipinski definition) is 3. The van der Waals surface area contributed by atoms with E-state index in [-0.39, 0.29) is 6.61 Å². The van der Waals surface area contributed by atoms with Gasteiger partial charge in [0.2, 0.25) is 0 Å². The van der Waals surface area contributed by atoms with Crippen LogP contribution in [0.2, 0.25) is 0 Å². The number of aliphatic hydroxyl groups is 1. The van der Waals surface area contributed by atoms with Crippen molar-refractivity contribution in [2.45, 2.75) is 19.4 Å². The van der Waals surface area contributed by atoms with Crippen molar-refractivity contribution in [1.82, 2.24) is 5.32 Å². The molecule has 0 radical (unpaired) electrons. The zero-order valence-electron chi connectivity index (χ0n) is 12.9. The van der Waals surface area contributed by atoms with Crippen LogP contribution in [0.15, 0.2) is 48.5 Å². The molecule has 0 aromatic heterocycles. The van der Waals surface area contributed by atoms with Gasteiger partial charge in [-0.2, -0.15) is 0 Å². The molecule has 0 saturated heterocycles. The lowest BCUT2D eigenvalue weighted by atomic mass is 9.91. The van der Waals surface area contributed by atoms with Crippen molar-refractivity contribution in [3.8, 4) is 5.75 Å². The van der Waals surface area contributed by atoms with Crippen molar-refractivity contribution in [2.24, 2.45) is 0 Å². The predicted octanol–water partition coefficient (Wildman–Crippen LogP) is 2.79. The van der Waals surface area contributed by atoms with Gasteiger partial charge in [-0.25, -0.2) is 0 Å². The normalized spacial score (nSPS) is 13.7. The Labute approximate surface area is 126 Å². The molecule has 2 aromatic rings. The van der Waals surface area contributed by atoms with Gasteiger partial charge in [-0.3, -0.25) is 0 Å². The van der Waals surface area contributed by atoms with Crippen LogP contribution in [0, 0.1) is 13.8 Å².